The van der Waals surface area contributed by atoms with Gasteiger partial charge in [0.05, 0.1) is 12.4 Å². The Kier molecular flexibility index (Phi) is 13.6. The summed E-state index contributed by atoms with van der Waals surface area (Å²) in [5, 5.41) is 0. The Hall–Kier alpha value is -0.366. The third kappa shape index (κ3) is 7.81. The highest BCUT2D eigenvalue weighted by Gasteiger charge is 2.48. The minimum atomic E-state index is -2.00. The average Bonchev–Trinajstić information content (AvgIpc) is 2.74. The Bertz CT molecular complexity index is 608. The topological polar surface area (TPSA) is 27.7 Å². The van der Waals surface area contributed by atoms with E-state index in [0.717, 1.165) is 25.9 Å². The molecule has 0 aromatic heterocycles. The van der Waals surface area contributed by atoms with Crippen LogP contribution in [0, 0.1) is 5.92 Å². The number of ether oxygens (including phenoxy) is 1. The van der Waals surface area contributed by atoms with Gasteiger partial charge in [0, 0.05) is 6.61 Å². The fourth-order valence-electron chi connectivity index (χ4n) is 7.21. The zero-order valence-electron chi connectivity index (χ0n) is 25.6. The van der Waals surface area contributed by atoms with Crippen LogP contribution in [0.25, 0.3) is 0 Å². The molecule has 0 spiro atoms. The smallest absolute Gasteiger partial charge is 0.200 e. The van der Waals surface area contributed by atoms with Gasteiger partial charge in [-0.05, 0) is 64.5 Å². The zero-order valence-corrected chi connectivity index (χ0v) is 27.6. The van der Waals surface area contributed by atoms with Crippen molar-refractivity contribution >= 4 is 16.6 Å². The van der Waals surface area contributed by atoms with Crippen LogP contribution in [-0.4, -0.2) is 35.4 Å². The van der Waals surface area contributed by atoms with Crippen molar-refractivity contribution in [3.05, 3.63) is 24.5 Å². The molecule has 1 aliphatic rings. The van der Waals surface area contributed by atoms with E-state index in [1.807, 2.05) is 6.26 Å². The molecule has 0 saturated heterocycles. The summed E-state index contributed by atoms with van der Waals surface area (Å²) >= 11 is 0. The highest BCUT2D eigenvalue weighted by atomic mass is 28.4. The Balaban J connectivity index is 2.99. The van der Waals surface area contributed by atoms with E-state index in [2.05, 4.69) is 108 Å². The fraction of sp³-hybridized carbons (Fsp3) is 0.867. The highest BCUT2D eigenvalue weighted by molar-refractivity contribution is 6.78. The maximum absolute atomic E-state index is 7.29. The third-order valence-corrected chi connectivity index (χ3v) is 21.0. The first kappa shape index (κ1) is 32.7. The highest BCUT2D eigenvalue weighted by Crippen LogP contribution is 2.45. The van der Waals surface area contributed by atoms with Crippen molar-refractivity contribution in [2.24, 2.45) is 5.92 Å². The van der Waals surface area contributed by atoms with Gasteiger partial charge in [-0.3, -0.25) is 0 Å². The largest absolute Gasteiger partial charge is 0.495 e. The lowest BCUT2D eigenvalue weighted by Crippen LogP contribution is -2.53. The van der Waals surface area contributed by atoms with Crippen LogP contribution in [0.5, 0.6) is 0 Å². The molecule has 1 heterocycles. The Morgan fingerprint density at radius 2 is 1.26 bits per heavy atom. The lowest BCUT2D eigenvalue weighted by atomic mass is 9.93. The van der Waals surface area contributed by atoms with Crippen molar-refractivity contribution in [2.45, 2.75) is 155 Å². The zero-order chi connectivity index (χ0) is 27.0. The van der Waals surface area contributed by atoms with Gasteiger partial charge in [-0.15, -0.1) is 0 Å². The standard InChI is InChI=1S/C30H60O3Si2/c1-22(2)34(23(3)4,24(5)6)32-21-16-14-15-19-29(30-28(13)18-17-20-31-30)33-35(25(7)8,26(9)10)27(11)12/h14-15,17,20,22-30H,16,18-19,21H2,1-13H3/b15-14-/t28-,29-,30-/m1/s1. The first-order valence-corrected chi connectivity index (χ1v) is 18.8. The van der Waals surface area contributed by atoms with E-state index < -0.39 is 16.6 Å². The first-order valence-electron chi connectivity index (χ1n) is 14.5. The quantitative estimate of drug-likeness (QED) is 0.121. The van der Waals surface area contributed by atoms with E-state index in [0.29, 0.717) is 39.2 Å². The molecule has 0 amide bonds. The van der Waals surface area contributed by atoms with Gasteiger partial charge in [-0.1, -0.05) is 102 Å². The lowest BCUT2D eigenvalue weighted by molar-refractivity contribution is -0.0227. The normalized spacial score (nSPS) is 20.9. The van der Waals surface area contributed by atoms with Crippen molar-refractivity contribution in [1.29, 1.82) is 0 Å². The van der Waals surface area contributed by atoms with E-state index in [4.69, 9.17) is 13.6 Å². The van der Waals surface area contributed by atoms with E-state index in [-0.39, 0.29) is 12.2 Å². The molecule has 0 N–H and O–H groups in total. The van der Waals surface area contributed by atoms with Crippen LogP contribution < -0.4 is 0 Å². The Labute approximate surface area is 221 Å². The number of hydrogen-bond acceptors (Lipinski definition) is 3. The third-order valence-electron chi connectivity index (χ3n) is 8.71. The van der Waals surface area contributed by atoms with Crippen LogP contribution >= 0.6 is 0 Å². The van der Waals surface area contributed by atoms with E-state index in [9.17, 15) is 0 Å². The van der Waals surface area contributed by atoms with Gasteiger partial charge in [0.1, 0.15) is 6.10 Å². The summed E-state index contributed by atoms with van der Waals surface area (Å²) in [6.07, 6.45) is 11.9. The molecular formula is C30H60O3Si2. The van der Waals surface area contributed by atoms with Crippen LogP contribution in [0.2, 0.25) is 33.2 Å². The lowest BCUT2D eigenvalue weighted by Gasteiger charge is -2.46. The minimum absolute atomic E-state index is 0.0986. The molecule has 0 fully saturated rings. The van der Waals surface area contributed by atoms with E-state index in [1.54, 1.807) is 0 Å². The van der Waals surface area contributed by atoms with Gasteiger partial charge in [0.2, 0.25) is 8.32 Å². The Morgan fingerprint density at radius 3 is 1.69 bits per heavy atom. The van der Waals surface area contributed by atoms with Crippen molar-refractivity contribution in [2.75, 3.05) is 6.61 Å². The summed E-state index contributed by atoms with van der Waals surface area (Å²) < 4.78 is 20.3. The van der Waals surface area contributed by atoms with Gasteiger partial charge < -0.3 is 13.6 Å². The summed E-state index contributed by atoms with van der Waals surface area (Å²) in [4.78, 5) is 0. The molecule has 0 aliphatic carbocycles. The van der Waals surface area contributed by atoms with Crippen LogP contribution in [0.3, 0.4) is 0 Å². The summed E-state index contributed by atoms with van der Waals surface area (Å²) in [5.74, 6) is 0.467. The van der Waals surface area contributed by atoms with Gasteiger partial charge in [-0.2, -0.15) is 0 Å². The SMILES string of the molecule is CC(C)[Si](OCC/C=C\C[C@@H](O[Si](C(C)C)(C(C)C)C(C)C)[C@@H]1OC=CC[C@H]1C)(C(C)C)C(C)C. The van der Waals surface area contributed by atoms with Crippen molar-refractivity contribution in [1.82, 2.24) is 0 Å². The van der Waals surface area contributed by atoms with Crippen LogP contribution in [0.4, 0.5) is 0 Å². The molecule has 0 radical (unpaired) electrons. The monoisotopic (exact) mass is 524 g/mol. The number of allylic oxidation sites excluding steroid dienone is 1. The maximum Gasteiger partial charge on any atom is 0.200 e. The predicted octanol–water partition coefficient (Wildman–Crippen LogP) is 10.0. The average molecular weight is 525 g/mol. The molecular weight excluding hydrogens is 464 g/mol. The number of rotatable bonds is 15. The van der Waals surface area contributed by atoms with Crippen molar-refractivity contribution in [3.8, 4) is 0 Å². The molecule has 3 nitrogen and oxygen atoms in total. The molecule has 0 bridgehead atoms. The van der Waals surface area contributed by atoms with Crippen molar-refractivity contribution in [3.63, 3.8) is 0 Å². The molecule has 0 aromatic rings. The van der Waals surface area contributed by atoms with Crippen LogP contribution in [-0.2, 0) is 13.6 Å². The summed E-state index contributed by atoms with van der Waals surface area (Å²) in [7, 11) is -3.80. The predicted molar refractivity (Wildman–Crippen MR) is 159 cm³/mol. The van der Waals surface area contributed by atoms with Gasteiger partial charge in [0.15, 0.2) is 8.32 Å². The van der Waals surface area contributed by atoms with Crippen LogP contribution in [0.15, 0.2) is 24.5 Å². The fourth-order valence-corrected chi connectivity index (χ4v) is 18.3. The second-order valence-electron chi connectivity index (χ2n) is 12.8. The second kappa shape index (κ2) is 14.5. The van der Waals surface area contributed by atoms with Crippen molar-refractivity contribution < 1.29 is 13.6 Å². The molecule has 1 aliphatic heterocycles. The molecule has 1 rings (SSSR count). The van der Waals surface area contributed by atoms with Crippen LogP contribution in [0.1, 0.15) is 109 Å². The first-order chi connectivity index (χ1) is 16.2. The molecule has 35 heavy (non-hydrogen) atoms. The molecule has 0 unspecified atom stereocenters. The maximum atomic E-state index is 7.29. The molecule has 3 atom stereocenters. The Morgan fingerprint density at radius 1 is 0.771 bits per heavy atom. The molecule has 0 aromatic carbocycles. The number of hydrogen-bond donors (Lipinski definition) is 0. The van der Waals surface area contributed by atoms with Gasteiger partial charge in [0.25, 0.3) is 0 Å². The summed E-state index contributed by atoms with van der Waals surface area (Å²) in [5.41, 5.74) is 3.59. The van der Waals surface area contributed by atoms with Gasteiger partial charge in [-0.25, -0.2) is 0 Å². The summed E-state index contributed by atoms with van der Waals surface area (Å²) in [6, 6.07) is 0. The van der Waals surface area contributed by atoms with E-state index >= 15 is 0 Å². The molecule has 206 valence electrons. The summed E-state index contributed by atoms with van der Waals surface area (Å²) in [6.45, 7) is 31.5. The van der Waals surface area contributed by atoms with E-state index in [1.165, 1.54) is 0 Å². The van der Waals surface area contributed by atoms with Gasteiger partial charge >= 0.3 is 0 Å². The minimum Gasteiger partial charge on any atom is -0.495 e. The second-order valence-corrected chi connectivity index (χ2v) is 23.7. The molecule has 0 saturated carbocycles. The molecule has 5 heteroatoms.